The number of sulfone groups is 1. The predicted octanol–water partition coefficient (Wildman–Crippen LogP) is 2.51. The lowest BCUT2D eigenvalue weighted by Gasteiger charge is -2.31. The third-order valence-electron chi connectivity index (χ3n) is 3.91. The Kier molecular flexibility index (Phi) is 5.93. The third-order valence-corrected chi connectivity index (χ3v) is 6.72. The number of hydrogen-bond acceptors (Lipinski definition) is 3. The van der Waals surface area contributed by atoms with Crippen molar-refractivity contribution in [2.24, 2.45) is 0 Å². The maximum Gasteiger partial charge on any atom is 0.155 e. The van der Waals surface area contributed by atoms with Gasteiger partial charge in [-0.1, -0.05) is 20.3 Å². The van der Waals surface area contributed by atoms with Crippen LogP contribution in [-0.2, 0) is 9.84 Å². The van der Waals surface area contributed by atoms with Gasteiger partial charge in [-0.15, -0.1) is 0 Å². The van der Waals surface area contributed by atoms with Gasteiger partial charge in [0.25, 0.3) is 0 Å². The molecule has 1 N–H and O–H groups in total. The van der Waals surface area contributed by atoms with Gasteiger partial charge in [-0.2, -0.15) is 0 Å². The van der Waals surface area contributed by atoms with Gasteiger partial charge >= 0.3 is 0 Å². The van der Waals surface area contributed by atoms with E-state index in [1.54, 1.807) is 0 Å². The van der Waals surface area contributed by atoms with Crippen molar-refractivity contribution in [3.8, 4) is 0 Å². The van der Waals surface area contributed by atoms with Gasteiger partial charge in [0.2, 0.25) is 0 Å². The summed E-state index contributed by atoms with van der Waals surface area (Å²) in [7, 11) is -2.91. The molecular formula is C13H27NO2S. The standard InChI is InChI=1S/C13H27NO2S/c1-4-9-14-12-7-6-8-13(10-12)17(15,16)11(3)5-2/h11-14H,4-10H2,1-3H3. The summed E-state index contributed by atoms with van der Waals surface area (Å²) in [6.07, 6.45) is 5.68. The van der Waals surface area contributed by atoms with Crippen LogP contribution in [0.3, 0.4) is 0 Å². The van der Waals surface area contributed by atoms with Gasteiger partial charge in [0.15, 0.2) is 9.84 Å². The molecule has 0 aromatic heterocycles. The third kappa shape index (κ3) is 3.95. The van der Waals surface area contributed by atoms with Crippen LogP contribution >= 0.6 is 0 Å². The van der Waals surface area contributed by atoms with E-state index in [1.807, 2.05) is 13.8 Å². The summed E-state index contributed by atoms with van der Waals surface area (Å²) in [4.78, 5) is 0. The van der Waals surface area contributed by atoms with E-state index >= 15 is 0 Å². The van der Waals surface area contributed by atoms with Crippen LogP contribution in [0.15, 0.2) is 0 Å². The highest BCUT2D eigenvalue weighted by atomic mass is 32.2. The van der Waals surface area contributed by atoms with Crippen molar-refractivity contribution < 1.29 is 8.42 Å². The Balaban J connectivity index is 2.60. The highest BCUT2D eigenvalue weighted by Gasteiger charge is 2.34. The molecule has 0 saturated heterocycles. The van der Waals surface area contributed by atoms with Gasteiger partial charge in [-0.25, -0.2) is 8.42 Å². The Labute approximate surface area is 106 Å². The molecule has 0 bridgehead atoms. The fourth-order valence-corrected chi connectivity index (χ4v) is 4.66. The van der Waals surface area contributed by atoms with E-state index in [1.165, 1.54) is 0 Å². The number of nitrogens with one attached hydrogen (secondary N) is 1. The lowest BCUT2D eigenvalue weighted by molar-refractivity contribution is 0.370. The fourth-order valence-electron chi connectivity index (χ4n) is 2.54. The summed E-state index contributed by atoms with van der Waals surface area (Å²) in [5, 5.41) is 3.17. The predicted molar refractivity (Wildman–Crippen MR) is 73.0 cm³/mol. The molecular weight excluding hydrogens is 234 g/mol. The summed E-state index contributed by atoms with van der Waals surface area (Å²) in [5.74, 6) is 0. The minimum atomic E-state index is -2.91. The van der Waals surface area contributed by atoms with Gasteiger partial charge < -0.3 is 5.32 Å². The van der Waals surface area contributed by atoms with Gasteiger partial charge in [0.1, 0.15) is 0 Å². The normalized spacial score (nSPS) is 27.9. The summed E-state index contributed by atoms with van der Waals surface area (Å²) >= 11 is 0. The zero-order valence-corrected chi connectivity index (χ0v) is 12.2. The maximum atomic E-state index is 12.3. The Hall–Kier alpha value is -0.0900. The second-order valence-corrected chi connectivity index (χ2v) is 7.90. The minimum Gasteiger partial charge on any atom is -0.314 e. The zero-order valence-electron chi connectivity index (χ0n) is 11.4. The van der Waals surface area contributed by atoms with Gasteiger partial charge in [-0.05, 0) is 45.6 Å². The summed E-state index contributed by atoms with van der Waals surface area (Å²) in [5.41, 5.74) is 0. The quantitative estimate of drug-likeness (QED) is 0.799. The molecule has 0 spiro atoms. The van der Waals surface area contributed by atoms with Crippen LogP contribution in [0.2, 0.25) is 0 Å². The van der Waals surface area contributed by atoms with E-state index in [0.29, 0.717) is 6.04 Å². The molecule has 1 fully saturated rings. The number of hydrogen-bond donors (Lipinski definition) is 1. The molecule has 0 heterocycles. The molecule has 1 saturated carbocycles. The first-order chi connectivity index (χ1) is 8.02. The molecule has 0 radical (unpaired) electrons. The molecule has 3 atom stereocenters. The average molecular weight is 261 g/mol. The SMILES string of the molecule is CCCNC1CCCC(S(=O)(=O)C(C)CC)C1. The lowest BCUT2D eigenvalue weighted by atomic mass is 9.95. The van der Waals surface area contributed by atoms with E-state index in [2.05, 4.69) is 12.2 Å². The van der Waals surface area contributed by atoms with E-state index in [0.717, 1.165) is 45.1 Å². The maximum absolute atomic E-state index is 12.3. The summed E-state index contributed by atoms with van der Waals surface area (Å²) in [6.45, 7) is 6.94. The molecule has 17 heavy (non-hydrogen) atoms. The van der Waals surface area contributed by atoms with Crippen molar-refractivity contribution in [1.29, 1.82) is 0 Å². The molecule has 0 aliphatic heterocycles. The van der Waals surface area contributed by atoms with Gasteiger partial charge in [0.05, 0.1) is 10.5 Å². The highest BCUT2D eigenvalue weighted by Crippen LogP contribution is 2.27. The van der Waals surface area contributed by atoms with Crippen LogP contribution in [-0.4, -0.2) is 31.5 Å². The molecule has 1 aliphatic carbocycles. The van der Waals surface area contributed by atoms with Crippen LogP contribution < -0.4 is 5.32 Å². The van der Waals surface area contributed by atoms with E-state index < -0.39 is 9.84 Å². The van der Waals surface area contributed by atoms with Crippen LogP contribution in [0, 0.1) is 0 Å². The number of rotatable bonds is 6. The van der Waals surface area contributed by atoms with Crippen molar-refractivity contribution in [3.05, 3.63) is 0 Å². The van der Waals surface area contributed by atoms with E-state index in [9.17, 15) is 8.42 Å². The Morgan fingerprint density at radius 2 is 2.00 bits per heavy atom. The molecule has 3 unspecified atom stereocenters. The smallest absolute Gasteiger partial charge is 0.155 e. The van der Waals surface area contributed by atoms with Crippen molar-refractivity contribution >= 4 is 9.84 Å². The van der Waals surface area contributed by atoms with Crippen LogP contribution in [0.4, 0.5) is 0 Å². The monoisotopic (exact) mass is 261 g/mol. The molecule has 4 heteroatoms. The van der Waals surface area contributed by atoms with Crippen LogP contribution in [0.1, 0.15) is 59.3 Å². The molecule has 0 amide bonds. The van der Waals surface area contributed by atoms with E-state index in [-0.39, 0.29) is 10.5 Å². The Bertz CT molecular complexity index is 313. The van der Waals surface area contributed by atoms with Crippen molar-refractivity contribution in [3.63, 3.8) is 0 Å². The second-order valence-electron chi connectivity index (χ2n) is 5.25. The molecule has 0 aromatic rings. The second kappa shape index (κ2) is 6.74. The summed E-state index contributed by atoms with van der Waals surface area (Å²) < 4.78 is 24.6. The zero-order chi connectivity index (χ0) is 12.9. The summed E-state index contributed by atoms with van der Waals surface area (Å²) in [6, 6.07) is 0.410. The molecule has 0 aromatic carbocycles. The van der Waals surface area contributed by atoms with Gasteiger partial charge in [-0.3, -0.25) is 0 Å². The minimum absolute atomic E-state index is 0.111. The first-order valence-electron chi connectivity index (χ1n) is 6.98. The average Bonchev–Trinajstić information content (AvgIpc) is 2.35. The van der Waals surface area contributed by atoms with Crippen molar-refractivity contribution in [2.45, 2.75) is 75.8 Å². The topological polar surface area (TPSA) is 46.2 Å². The fraction of sp³-hybridized carbons (Fsp3) is 1.00. The van der Waals surface area contributed by atoms with Crippen molar-refractivity contribution in [1.82, 2.24) is 5.32 Å². The molecule has 3 nitrogen and oxygen atoms in total. The van der Waals surface area contributed by atoms with Crippen LogP contribution in [0.5, 0.6) is 0 Å². The first kappa shape index (κ1) is 15.0. The largest absolute Gasteiger partial charge is 0.314 e. The first-order valence-corrected chi connectivity index (χ1v) is 8.59. The lowest BCUT2D eigenvalue weighted by Crippen LogP contribution is -2.41. The Morgan fingerprint density at radius 3 is 2.59 bits per heavy atom. The van der Waals surface area contributed by atoms with Crippen LogP contribution in [0.25, 0.3) is 0 Å². The van der Waals surface area contributed by atoms with E-state index in [4.69, 9.17) is 0 Å². The van der Waals surface area contributed by atoms with Gasteiger partial charge in [0, 0.05) is 6.04 Å². The molecule has 102 valence electrons. The van der Waals surface area contributed by atoms with Crippen molar-refractivity contribution in [2.75, 3.05) is 6.54 Å². The Morgan fingerprint density at radius 1 is 1.29 bits per heavy atom. The highest BCUT2D eigenvalue weighted by molar-refractivity contribution is 7.92. The molecule has 1 rings (SSSR count). The molecule has 1 aliphatic rings.